The predicted octanol–water partition coefficient (Wildman–Crippen LogP) is 4.37. The highest BCUT2D eigenvalue weighted by Crippen LogP contribution is 2.37. The lowest BCUT2D eigenvalue weighted by Gasteiger charge is -2.14. The van der Waals surface area contributed by atoms with Crippen LogP contribution in [0.25, 0.3) is 10.1 Å². The second-order valence-corrected chi connectivity index (χ2v) is 9.91. The van der Waals surface area contributed by atoms with Crippen molar-refractivity contribution in [1.29, 1.82) is 0 Å². The summed E-state index contributed by atoms with van der Waals surface area (Å²) in [5.41, 5.74) is 1.16. The van der Waals surface area contributed by atoms with E-state index in [9.17, 15) is 13.2 Å². The van der Waals surface area contributed by atoms with Crippen LogP contribution < -0.4 is 10.1 Å². The molecule has 3 rings (SSSR count). The number of ether oxygens (including phenoxy) is 1. The van der Waals surface area contributed by atoms with Gasteiger partial charge in [0.1, 0.15) is 10.6 Å². The molecule has 0 aliphatic carbocycles. The number of halogens is 1. The number of rotatable bonds is 5. The fraction of sp³-hybridized carbons (Fsp3) is 0.211. The van der Waals surface area contributed by atoms with Gasteiger partial charge in [0.15, 0.2) is 0 Å². The highest BCUT2D eigenvalue weighted by molar-refractivity contribution is 7.89. The number of nitrogens with one attached hydrogen (secondary N) is 1. The van der Waals surface area contributed by atoms with Crippen molar-refractivity contribution in [2.45, 2.75) is 11.8 Å². The standard InChI is InChI=1S/C19H19ClN2O4S2/c1-11-5-7-13(28(24,25)22(2)3)10-15(11)21-19(23)18-17(20)14-8-6-12(26-4)9-16(14)27-18/h5-10H,1-4H3,(H,21,23). The Labute approximate surface area is 172 Å². The summed E-state index contributed by atoms with van der Waals surface area (Å²) in [6.45, 7) is 1.79. The van der Waals surface area contributed by atoms with E-state index < -0.39 is 15.9 Å². The normalized spacial score (nSPS) is 11.8. The van der Waals surface area contributed by atoms with Gasteiger partial charge in [-0.15, -0.1) is 11.3 Å². The Morgan fingerprint density at radius 3 is 2.54 bits per heavy atom. The fourth-order valence-corrected chi connectivity index (χ4v) is 4.97. The lowest BCUT2D eigenvalue weighted by atomic mass is 10.2. The van der Waals surface area contributed by atoms with Gasteiger partial charge in [-0.2, -0.15) is 0 Å². The molecular formula is C19H19ClN2O4S2. The minimum atomic E-state index is -3.61. The van der Waals surface area contributed by atoms with Crippen molar-refractivity contribution in [1.82, 2.24) is 4.31 Å². The van der Waals surface area contributed by atoms with Crippen LogP contribution in [0.1, 0.15) is 15.2 Å². The van der Waals surface area contributed by atoms with Gasteiger partial charge in [-0.1, -0.05) is 17.7 Å². The lowest BCUT2D eigenvalue weighted by molar-refractivity contribution is 0.103. The maximum atomic E-state index is 12.8. The number of carbonyl (C=O) groups is 1. The van der Waals surface area contributed by atoms with Crippen molar-refractivity contribution < 1.29 is 17.9 Å². The number of methoxy groups -OCH3 is 1. The van der Waals surface area contributed by atoms with Gasteiger partial charge in [0.2, 0.25) is 10.0 Å². The summed E-state index contributed by atoms with van der Waals surface area (Å²) < 4.78 is 31.9. The van der Waals surface area contributed by atoms with Crippen LogP contribution in [0.15, 0.2) is 41.3 Å². The number of anilines is 1. The van der Waals surface area contributed by atoms with Crippen LogP contribution in [0.2, 0.25) is 5.02 Å². The monoisotopic (exact) mass is 438 g/mol. The SMILES string of the molecule is COc1ccc2c(Cl)c(C(=O)Nc3cc(S(=O)(=O)N(C)C)ccc3C)sc2c1. The summed E-state index contributed by atoms with van der Waals surface area (Å²) in [4.78, 5) is 13.3. The summed E-state index contributed by atoms with van der Waals surface area (Å²) in [7, 11) is 0.877. The van der Waals surface area contributed by atoms with Crippen LogP contribution in [0.3, 0.4) is 0 Å². The summed E-state index contributed by atoms with van der Waals surface area (Å²) >= 11 is 7.66. The van der Waals surface area contributed by atoms with Crippen LogP contribution in [0, 0.1) is 6.92 Å². The molecule has 0 saturated heterocycles. The van der Waals surface area contributed by atoms with Crippen LogP contribution in [0.5, 0.6) is 5.75 Å². The van der Waals surface area contributed by atoms with Crippen molar-refractivity contribution in [3.8, 4) is 5.75 Å². The number of fused-ring (bicyclic) bond motifs is 1. The first kappa shape index (κ1) is 20.6. The second-order valence-electron chi connectivity index (χ2n) is 6.33. The molecular weight excluding hydrogens is 420 g/mol. The Hall–Kier alpha value is -2.13. The molecule has 0 saturated carbocycles. The summed E-state index contributed by atoms with van der Waals surface area (Å²) in [5.74, 6) is 0.280. The fourth-order valence-electron chi connectivity index (χ4n) is 2.60. The smallest absolute Gasteiger partial charge is 0.267 e. The first-order chi connectivity index (χ1) is 13.1. The van der Waals surface area contributed by atoms with Crippen LogP contribution in [-0.2, 0) is 10.0 Å². The molecule has 0 fully saturated rings. The molecule has 0 spiro atoms. The van der Waals surface area contributed by atoms with Gasteiger partial charge in [-0.3, -0.25) is 4.79 Å². The number of benzene rings is 2. The van der Waals surface area contributed by atoms with E-state index in [0.717, 1.165) is 20.0 Å². The highest BCUT2D eigenvalue weighted by Gasteiger charge is 2.21. The molecule has 0 aliphatic heterocycles. The van der Waals surface area contributed by atoms with Gasteiger partial charge in [-0.25, -0.2) is 12.7 Å². The number of nitrogens with zero attached hydrogens (tertiary/aromatic N) is 1. The predicted molar refractivity (Wildman–Crippen MR) is 113 cm³/mol. The molecule has 6 nitrogen and oxygen atoms in total. The van der Waals surface area contributed by atoms with Gasteiger partial charge in [0, 0.05) is 29.9 Å². The van der Waals surface area contributed by atoms with E-state index in [-0.39, 0.29) is 4.90 Å². The quantitative estimate of drug-likeness (QED) is 0.641. The molecule has 0 aliphatic rings. The van der Waals surface area contributed by atoms with Gasteiger partial charge < -0.3 is 10.1 Å². The zero-order valence-corrected chi connectivity index (χ0v) is 18.1. The van der Waals surface area contributed by atoms with Crippen molar-refractivity contribution in [3.05, 3.63) is 51.9 Å². The van der Waals surface area contributed by atoms with Gasteiger partial charge in [-0.05, 0) is 42.8 Å². The first-order valence-electron chi connectivity index (χ1n) is 8.25. The lowest BCUT2D eigenvalue weighted by Crippen LogP contribution is -2.22. The Balaban J connectivity index is 1.97. The molecule has 1 heterocycles. The molecule has 1 N–H and O–H groups in total. The molecule has 3 aromatic rings. The largest absolute Gasteiger partial charge is 0.497 e. The third-order valence-corrected chi connectivity index (χ3v) is 7.75. The molecule has 0 atom stereocenters. The number of hydrogen-bond acceptors (Lipinski definition) is 5. The van der Waals surface area contributed by atoms with E-state index in [1.165, 1.54) is 37.6 Å². The number of sulfonamides is 1. The number of hydrogen-bond donors (Lipinski definition) is 1. The van der Waals surface area contributed by atoms with E-state index in [2.05, 4.69) is 5.32 Å². The van der Waals surface area contributed by atoms with Crippen LogP contribution in [-0.4, -0.2) is 39.8 Å². The second kappa shape index (κ2) is 7.71. The molecule has 0 unspecified atom stereocenters. The van der Waals surface area contributed by atoms with Crippen molar-refractivity contribution in [2.75, 3.05) is 26.5 Å². The average Bonchev–Trinajstić information content (AvgIpc) is 2.99. The minimum absolute atomic E-state index is 0.102. The molecule has 0 radical (unpaired) electrons. The highest BCUT2D eigenvalue weighted by atomic mass is 35.5. The Bertz CT molecular complexity index is 1170. The summed E-state index contributed by atoms with van der Waals surface area (Å²) in [5, 5.41) is 3.90. The Morgan fingerprint density at radius 2 is 1.89 bits per heavy atom. The summed E-state index contributed by atoms with van der Waals surface area (Å²) in [6.07, 6.45) is 0. The first-order valence-corrected chi connectivity index (χ1v) is 10.9. The maximum absolute atomic E-state index is 12.8. The van der Waals surface area contributed by atoms with Crippen LogP contribution in [0.4, 0.5) is 5.69 Å². The molecule has 0 bridgehead atoms. The van der Waals surface area contributed by atoms with Gasteiger partial charge >= 0.3 is 0 Å². The van der Waals surface area contributed by atoms with E-state index in [1.54, 1.807) is 32.2 Å². The third kappa shape index (κ3) is 3.73. The number of aryl methyl sites for hydroxylation is 1. The average molecular weight is 439 g/mol. The van der Waals surface area contributed by atoms with Crippen molar-refractivity contribution in [3.63, 3.8) is 0 Å². The zero-order valence-electron chi connectivity index (χ0n) is 15.7. The molecule has 2 aromatic carbocycles. The van der Waals surface area contributed by atoms with E-state index >= 15 is 0 Å². The minimum Gasteiger partial charge on any atom is -0.497 e. The Kier molecular flexibility index (Phi) is 5.67. The Morgan fingerprint density at radius 1 is 1.18 bits per heavy atom. The molecule has 1 aromatic heterocycles. The zero-order chi connectivity index (χ0) is 20.6. The number of thiophene rings is 1. The van der Waals surface area contributed by atoms with Crippen molar-refractivity contribution in [2.24, 2.45) is 0 Å². The van der Waals surface area contributed by atoms with E-state index in [4.69, 9.17) is 16.3 Å². The molecule has 9 heteroatoms. The van der Waals surface area contributed by atoms with Crippen LogP contribution >= 0.6 is 22.9 Å². The topological polar surface area (TPSA) is 75.7 Å². The van der Waals surface area contributed by atoms with E-state index in [0.29, 0.717) is 21.3 Å². The van der Waals surface area contributed by atoms with Crippen molar-refractivity contribution >= 4 is 54.6 Å². The van der Waals surface area contributed by atoms with Gasteiger partial charge in [0.05, 0.1) is 17.0 Å². The molecule has 1 amide bonds. The van der Waals surface area contributed by atoms with E-state index in [1.807, 2.05) is 6.07 Å². The maximum Gasteiger partial charge on any atom is 0.267 e. The number of amides is 1. The third-order valence-electron chi connectivity index (χ3n) is 4.28. The molecule has 148 valence electrons. The van der Waals surface area contributed by atoms with Gasteiger partial charge in [0.25, 0.3) is 5.91 Å². The summed E-state index contributed by atoms with van der Waals surface area (Å²) in [6, 6.07) is 10.0. The number of carbonyl (C=O) groups excluding carboxylic acids is 1. The molecule has 28 heavy (non-hydrogen) atoms.